The number of aromatic nitrogens is 2. The number of esters is 1. The number of carbonyl (C=O) groups is 1. The van der Waals surface area contributed by atoms with E-state index in [1.54, 1.807) is 20.8 Å². The van der Waals surface area contributed by atoms with Crippen LogP contribution < -0.4 is 0 Å². The minimum absolute atomic E-state index is 0.104. The predicted molar refractivity (Wildman–Crippen MR) is 105 cm³/mol. The summed E-state index contributed by atoms with van der Waals surface area (Å²) in [6.45, 7) is 5.88. The van der Waals surface area contributed by atoms with Gasteiger partial charge in [-0.1, -0.05) is 30.3 Å². The predicted octanol–water partition coefficient (Wildman–Crippen LogP) is 2.60. The van der Waals surface area contributed by atoms with E-state index in [9.17, 15) is 13.2 Å². The van der Waals surface area contributed by atoms with Crippen molar-refractivity contribution in [2.24, 2.45) is 5.41 Å². The summed E-state index contributed by atoms with van der Waals surface area (Å²) in [7, 11) is -3.76. The molecule has 1 aliphatic heterocycles. The third-order valence-corrected chi connectivity index (χ3v) is 7.40. The van der Waals surface area contributed by atoms with E-state index in [4.69, 9.17) is 4.74 Å². The Morgan fingerprint density at radius 1 is 1.29 bits per heavy atom. The smallest absolute Gasteiger partial charge is 0.313 e. The van der Waals surface area contributed by atoms with E-state index in [1.807, 2.05) is 30.3 Å². The molecule has 1 N–H and O–H groups in total. The number of rotatable bonds is 6. The molecule has 0 saturated carbocycles. The first-order chi connectivity index (χ1) is 13.3. The third kappa shape index (κ3) is 3.84. The van der Waals surface area contributed by atoms with E-state index >= 15 is 0 Å². The van der Waals surface area contributed by atoms with E-state index in [-0.39, 0.29) is 24.0 Å². The van der Waals surface area contributed by atoms with Gasteiger partial charge >= 0.3 is 5.97 Å². The number of ether oxygens (including phenoxy) is 1. The Labute approximate surface area is 166 Å². The lowest BCUT2D eigenvalue weighted by atomic mass is 9.75. The van der Waals surface area contributed by atoms with Crippen molar-refractivity contribution >= 4 is 16.0 Å². The molecule has 152 valence electrons. The summed E-state index contributed by atoms with van der Waals surface area (Å²) in [5.74, 6) is -0.334. The van der Waals surface area contributed by atoms with Crippen molar-refractivity contribution in [2.75, 3.05) is 19.7 Å². The summed E-state index contributed by atoms with van der Waals surface area (Å²) >= 11 is 0. The highest BCUT2D eigenvalue weighted by atomic mass is 32.2. The monoisotopic (exact) mass is 405 g/mol. The van der Waals surface area contributed by atoms with Crippen molar-refractivity contribution in [3.63, 3.8) is 0 Å². The molecule has 2 aromatic rings. The molecule has 8 heteroatoms. The Balaban J connectivity index is 1.97. The molecular weight excluding hydrogens is 378 g/mol. The number of aromatic amines is 1. The molecule has 3 rings (SSSR count). The molecule has 28 heavy (non-hydrogen) atoms. The van der Waals surface area contributed by atoms with E-state index in [1.165, 1.54) is 4.31 Å². The van der Waals surface area contributed by atoms with Gasteiger partial charge in [0.1, 0.15) is 4.90 Å². The first kappa shape index (κ1) is 20.5. The maximum atomic E-state index is 13.3. The summed E-state index contributed by atoms with van der Waals surface area (Å²) in [5, 5.41) is 6.76. The lowest BCUT2D eigenvalue weighted by molar-refractivity contribution is -0.157. The van der Waals surface area contributed by atoms with Crippen LogP contribution >= 0.6 is 0 Å². The number of hydrogen-bond donors (Lipinski definition) is 1. The molecule has 0 aliphatic carbocycles. The molecule has 0 bridgehead atoms. The Morgan fingerprint density at radius 3 is 2.61 bits per heavy atom. The van der Waals surface area contributed by atoms with Gasteiger partial charge in [0.2, 0.25) is 10.0 Å². The zero-order valence-corrected chi connectivity index (χ0v) is 17.4. The number of H-pyrrole nitrogens is 1. The van der Waals surface area contributed by atoms with Crippen LogP contribution in [0.25, 0.3) is 0 Å². The molecule has 0 radical (unpaired) electrons. The van der Waals surface area contributed by atoms with Crippen LogP contribution in [0.5, 0.6) is 0 Å². The fraction of sp³-hybridized carbons (Fsp3) is 0.500. The highest BCUT2D eigenvalue weighted by molar-refractivity contribution is 7.89. The van der Waals surface area contributed by atoms with Crippen LogP contribution in [0, 0.1) is 19.3 Å². The maximum absolute atomic E-state index is 13.3. The van der Waals surface area contributed by atoms with Crippen molar-refractivity contribution in [2.45, 2.75) is 44.9 Å². The van der Waals surface area contributed by atoms with Crippen molar-refractivity contribution in [1.82, 2.24) is 14.5 Å². The number of nitrogens with zero attached hydrogens (tertiary/aromatic N) is 2. The van der Waals surface area contributed by atoms with Crippen LogP contribution in [-0.4, -0.2) is 48.6 Å². The zero-order valence-electron chi connectivity index (χ0n) is 16.6. The van der Waals surface area contributed by atoms with Crippen LogP contribution in [0.3, 0.4) is 0 Å². The molecule has 7 nitrogen and oxygen atoms in total. The number of hydrogen-bond acceptors (Lipinski definition) is 5. The van der Waals surface area contributed by atoms with Crippen LogP contribution in [0.1, 0.15) is 36.7 Å². The number of nitrogens with one attached hydrogen (secondary N) is 1. The molecule has 0 amide bonds. The molecule has 0 spiro atoms. The highest BCUT2D eigenvalue weighted by Crippen LogP contribution is 2.38. The maximum Gasteiger partial charge on any atom is 0.313 e. The van der Waals surface area contributed by atoms with Crippen LogP contribution in [-0.2, 0) is 26.0 Å². The lowest BCUT2D eigenvalue weighted by Gasteiger charge is -2.40. The van der Waals surface area contributed by atoms with Gasteiger partial charge in [-0.2, -0.15) is 9.40 Å². The largest absolute Gasteiger partial charge is 0.466 e. The number of carbonyl (C=O) groups excluding carboxylic acids is 1. The average molecular weight is 406 g/mol. The molecule has 1 atom stereocenters. The van der Waals surface area contributed by atoms with Crippen molar-refractivity contribution in [3.8, 4) is 0 Å². The second-order valence-electron chi connectivity index (χ2n) is 7.37. The fourth-order valence-electron chi connectivity index (χ4n) is 4.00. The summed E-state index contributed by atoms with van der Waals surface area (Å²) < 4.78 is 33.4. The van der Waals surface area contributed by atoms with Gasteiger partial charge in [0.15, 0.2) is 0 Å². The number of benzene rings is 1. The number of sulfonamides is 1. The molecule has 1 saturated heterocycles. The minimum atomic E-state index is -3.76. The summed E-state index contributed by atoms with van der Waals surface area (Å²) in [5.41, 5.74) is 1.04. The first-order valence-electron chi connectivity index (χ1n) is 9.53. The van der Waals surface area contributed by atoms with Crippen molar-refractivity contribution in [3.05, 3.63) is 47.3 Å². The zero-order chi connectivity index (χ0) is 20.4. The molecule has 1 fully saturated rings. The van der Waals surface area contributed by atoms with E-state index < -0.39 is 15.4 Å². The van der Waals surface area contributed by atoms with E-state index in [0.717, 1.165) is 5.56 Å². The third-order valence-electron chi connectivity index (χ3n) is 5.29. The Bertz CT molecular complexity index is 920. The van der Waals surface area contributed by atoms with Crippen molar-refractivity contribution in [1.29, 1.82) is 0 Å². The molecule has 1 aromatic carbocycles. The average Bonchev–Trinajstić information content (AvgIpc) is 3.02. The SMILES string of the molecule is CCOC(=O)[C@@]1(Cc2ccccc2)CCCN(S(=O)(=O)c2c(C)n[nH]c2C)C1. The Morgan fingerprint density at radius 2 is 2.00 bits per heavy atom. The normalized spacial score (nSPS) is 20.8. The summed E-state index contributed by atoms with van der Waals surface area (Å²) in [4.78, 5) is 13.2. The second-order valence-corrected chi connectivity index (χ2v) is 9.24. The highest BCUT2D eigenvalue weighted by Gasteiger charge is 2.47. The molecule has 1 aromatic heterocycles. The van der Waals surface area contributed by atoms with Gasteiger partial charge in [0.05, 0.1) is 23.4 Å². The van der Waals surface area contributed by atoms with Crippen LogP contribution in [0.2, 0.25) is 0 Å². The van der Waals surface area contributed by atoms with E-state index in [2.05, 4.69) is 10.2 Å². The van der Waals surface area contributed by atoms with Crippen LogP contribution in [0.15, 0.2) is 35.2 Å². The standard InChI is InChI=1S/C20H27N3O4S/c1-4-27-19(24)20(13-17-9-6-5-7-10-17)11-8-12-23(14-20)28(25,26)18-15(2)21-22-16(18)3/h5-7,9-10H,4,8,11-14H2,1-3H3,(H,21,22)/t20-/m1/s1. The van der Waals surface area contributed by atoms with Gasteiger partial charge in [0.25, 0.3) is 0 Å². The van der Waals surface area contributed by atoms with Gasteiger partial charge in [-0.05, 0) is 45.6 Å². The lowest BCUT2D eigenvalue weighted by Crippen LogP contribution is -2.51. The Hall–Kier alpha value is -2.19. The Kier molecular flexibility index (Phi) is 5.90. The van der Waals surface area contributed by atoms with Gasteiger partial charge in [-0.25, -0.2) is 8.42 Å². The molecule has 0 unspecified atom stereocenters. The molecular formula is C20H27N3O4S. The fourth-order valence-corrected chi connectivity index (χ4v) is 5.89. The summed E-state index contributed by atoms with van der Waals surface area (Å²) in [6.07, 6.45) is 1.64. The minimum Gasteiger partial charge on any atom is -0.466 e. The number of aryl methyl sites for hydroxylation is 2. The molecule has 2 heterocycles. The first-order valence-corrected chi connectivity index (χ1v) is 11.0. The van der Waals surface area contributed by atoms with Gasteiger partial charge in [-0.3, -0.25) is 9.89 Å². The van der Waals surface area contributed by atoms with Gasteiger partial charge < -0.3 is 4.74 Å². The number of piperidine rings is 1. The topological polar surface area (TPSA) is 92.4 Å². The second kappa shape index (κ2) is 8.05. The van der Waals surface area contributed by atoms with Crippen LogP contribution in [0.4, 0.5) is 0 Å². The molecule has 1 aliphatic rings. The summed E-state index contributed by atoms with van der Waals surface area (Å²) in [6, 6.07) is 9.67. The van der Waals surface area contributed by atoms with Gasteiger partial charge in [0, 0.05) is 13.1 Å². The quantitative estimate of drug-likeness (QED) is 0.746. The van der Waals surface area contributed by atoms with Crippen molar-refractivity contribution < 1.29 is 17.9 Å². The van der Waals surface area contributed by atoms with Gasteiger partial charge in [-0.15, -0.1) is 0 Å². The van der Waals surface area contributed by atoms with E-state index in [0.29, 0.717) is 37.2 Å².